The Morgan fingerprint density at radius 2 is 2.22 bits per heavy atom. The number of anilines is 1. The number of alkyl halides is 2. The molecule has 1 aliphatic carbocycles. The number of halogens is 2. The van der Waals surface area contributed by atoms with Crippen molar-refractivity contribution in [2.75, 3.05) is 12.4 Å². The van der Waals surface area contributed by atoms with Gasteiger partial charge in [0.05, 0.1) is 12.4 Å². The van der Waals surface area contributed by atoms with E-state index in [0.717, 1.165) is 0 Å². The molecule has 0 bridgehead atoms. The average Bonchev–Trinajstić information content (AvgIpc) is 3.14. The molecule has 1 saturated carbocycles. The molecule has 8 nitrogen and oxygen atoms in total. The SMILES string of the molecule is CNc1nc2cnc(-c3cn[nH]c3)c(OC3CC(F)(F)C3)n2n1. The Hall–Kier alpha value is -2.78. The highest BCUT2D eigenvalue weighted by Crippen LogP contribution is 2.41. The molecule has 0 amide bonds. The normalized spacial score (nSPS) is 17.2. The number of H-pyrrole nitrogens is 1. The topological polar surface area (TPSA) is 93.0 Å². The first-order valence-corrected chi connectivity index (χ1v) is 7.03. The third-order valence-electron chi connectivity index (χ3n) is 3.66. The number of fused-ring (bicyclic) bond motifs is 1. The predicted octanol–water partition coefficient (Wildman–Crippen LogP) is 1.73. The van der Waals surface area contributed by atoms with Gasteiger partial charge in [0.1, 0.15) is 11.8 Å². The maximum Gasteiger partial charge on any atom is 0.255 e. The highest BCUT2D eigenvalue weighted by Gasteiger charge is 2.47. The van der Waals surface area contributed by atoms with Gasteiger partial charge in [-0.25, -0.2) is 13.8 Å². The molecule has 0 spiro atoms. The maximum absolute atomic E-state index is 13.1. The summed E-state index contributed by atoms with van der Waals surface area (Å²) in [4.78, 5) is 8.54. The van der Waals surface area contributed by atoms with Crippen LogP contribution in [0.4, 0.5) is 14.7 Å². The van der Waals surface area contributed by atoms with E-state index in [1.807, 2.05) is 0 Å². The van der Waals surface area contributed by atoms with Crippen LogP contribution in [-0.4, -0.2) is 48.9 Å². The largest absolute Gasteiger partial charge is 0.472 e. The van der Waals surface area contributed by atoms with Crippen LogP contribution in [-0.2, 0) is 0 Å². The van der Waals surface area contributed by atoms with E-state index < -0.39 is 12.0 Å². The quantitative estimate of drug-likeness (QED) is 0.760. The van der Waals surface area contributed by atoms with Gasteiger partial charge in [0.2, 0.25) is 11.8 Å². The Balaban J connectivity index is 1.79. The van der Waals surface area contributed by atoms with Crippen LogP contribution in [0.15, 0.2) is 18.6 Å². The average molecular weight is 321 g/mol. The van der Waals surface area contributed by atoms with Crippen molar-refractivity contribution < 1.29 is 13.5 Å². The van der Waals surface area contributed by atoms with Crippen LogP contribution in [0, 0.1) is 0 Å². The van der Waals surface area contributed by atoms with Crippen molar-refractivity contribution in [3.63, 3.8) is 0 Å². The van der Waals surface area contributed by atoms with Crippen molar-refractivity contribution in [1.82, 2.24) is 29.8 Å². The number of ether oxygens (including phenoxy) is 1. The van der Waals surface area contributed by atoms with E-state index in [-0.39, 0.29) is 18.7 Å². The minimum Gasteiger partial charge on any atom is -0.472 e. The first-order valence-electron chi connectivity index (χ1n) is 7.03. The summed E-state index contributed by atoms with van der Waals surface area (Å²) in [5.74, 6) is -2.00. The molecule has 0 unspecified atom stereocenters. The molecule has 4 rings (SSSR count). The molecule has 0 saturated heterocycles. The number of aromatic nitrogens is 6. The van der Waals surface area contributed by atoms with E-state index in [2.05, 4.69) is 30.6 Å². The third kappa shape index (κ3) is 2.35. The Morgan fingerprint density at radius 1 is 1.39 bits per heavy atom. The van der Waals surface area contributed by atoms with Gasteiger partial charge in [-0.3, -0.25) is 5.10 Å². The molecule has 2 N–H and O–H groups in total. The van der Waals surface area contributed by atoms with Gasteiger partial charge < -0.3 is 10.1 Å². The van der Waals surface area contributed by atoms with E-state index in [0.29, 0.717) is 22.9 Å². The second-order valence-corrected chi connectivity index (χ2v) is 5.36. The highest BCUT2D eigenvalue weighted by molar-refractivity contribution is 5.65. The van der Waals surface area contributed by atoms with Crippen LogP contribution in [0.1, 0.15) is 12.8 Å². The summed E-state index contributed by atoms with van der Waals surface area (Å²) in [6, 6.07) is 0. The Bertz CT molecular complexity index is 838. The fraction of sp³-hybridized carbons (Fsp3) is 0.385. The zero-order chi connectivity index (χ0) is 16.0. The number of nitrogens with one attached hydrogen (secondary N) is 2. The summed E-state index contributed by atoms with van der Waals surface area (Å²) < 4.78 is 33.4. The first kappa shape index (κ1) is 13.9. The molecule has 3 heterocycles. The number of hydrogen-bond donors (Lipinski definition) is 2. The van der Waals surface area contributed by atoms with Crippen molar-refractivity contribution in [3.05, 3.63) is 18.6 Å². The lowest BCUT2D eigenvalue weighted by Gasteiger charge is -2.34. The van der Waals surface area contributed by atoms with E-state index in [4.69, 9.17) is 4.74 Å². The summed E-state index contributed by atoms with van der Waals surface area (Å²) in [7, 11) is 1.69. The monoisotopic (exact) mass is 321 g/mol. The molecule has 0 atom stereocenters. The van der Waals surface area contributed by atoms with Gasteiger partial charge in [-0.05, 0) is 0 Å². The van der Waals surface area contributed by atoms with Gasteiger partial charge >= 0.3 is 0 Å². The van der Waals surface area contributed by atoms with Crippen LogP contribution in [0.2, 0.25) is 0 Å². The summed E-state index contributed by atoms with van der Waals surface area (Å²) in [6.45, 7) is 0. The minimum absolute atomic E-state index is 0.276. The first-order chi connectivity index (χ1) is 11.1. The molecular formula is C13H13F2N7O. The summed E-state index contributed by atoms with van der Waals surface area (Å²) >= 11 is 0. The van der Waals surface area contributed by atoms with Gasteiger partial charge in [-0.1, -0.05) is 0 Å². The van der Waals surface area contributed by atoms with Crippen LogP contribution in [0.25, 0.3) is 16.9 Å². The standard InChI is InChI=1S/C13H13F2N7O/c1-16-12-20-9-6-17-10(7-4-18-19-5-7)11(22(9)21-12)23-8-2-13(14,15)3-8/h4-6,8H,2-3H2,1H3,(H,16,21)(H,18,19). The summed E-state index contributed by atoms with van der Waals surface area (Å²) in [5.41, 5.74) is 1.60. The van der Waals surface area contributed by atoms with Gasteiger partial charge in [-0.15, -0.1) is 5.10 Å². The molecule has 23 heavy (non-hydrogen) atoms. The molecule has 1 fully saturated rings. The lowest BCUT2D eigenvalue weighted by atomic mass is 9.91. The second-order valence-electron chi connectivity index (χ2n) is 5.36. The van der Waals surface area contributed by atoms with Crippen molar-refractivity contribution in [3.8, 4) is 17.1 Å². The zero-order valence-electron chi connectivity index (χ0n) is 12.1. The molecule has 0 radical (unpaired) electrons. The molecule has 1 aliphatic rings. The Morgan fingerprint density at radius 3 is 2.87 bits per heavy atom. The number of hydrogen-bond acceptors (Lipinski definition) is 6. The molecule has 0 aromatic carbocycles. The van der Waals surface area contributed by atoms with Crippen LogP contribution < -0.4 is 10.1 Å². The smallest absolute Gasteiger partial charge is 0.255 e. The summed E-state index contributed by atoms with van der Waals surface area (Å²) in [6.07, 6.45) is 3.55. The Kier molecular flexibility index (Phi) is 2.93. The van der Waals surface area contributed by atoms with E-state index >= 15 is 0 Å². The van der Waals surface area contributed by atoms with Crippen molar-refractivity contribution >= 4 is 11.6 Å². The maximum atomic E-state index is 13.1. The fourth-order valence-electron chi connectivity index (χ4n) is 2.47. The van der Waals surface area contributed by atoms with Crippen molar-refractivity contribution in [2.45, 2.75) is 24.9 Å². The second kappa shape index (κ2) is 4.86. The molecule has 0 aliphatic heterocycles. The molecular weight excluding hydrogens is 308 g/mol. The molecule has 120 valence electrons. The Labute approximate surface area is 128 Å². The molecule has 3 aromatic heterocycles. The zero-order valence-corrected chi connectivity index (χ0v) is 12.1. The lowest BCUT2D eigenvalue weighted by molar-refractivity contribution is -0.135. The van der Waals surface area contributed by atoms with Crippen molar-refractivity contribution in [2.24, 2.45) is 0 Å². The van der Waals surface area contributed by atoms with Crippen LogP contribution >= 0.6 is 0 Å². The van der Waals surface area contributed by atoms with E-state index in [1.54, 1.807) is 25.6 Å². The van der Waals surface area contributed by atoms with E-state index in [9.17, 15) is 8.78 Å². The van der Waals surface area contributed by atoms with Crippen LogP contribution in [0.3, 0.4) is 0 Å². The summed E-state index contributed by atoms with van der Waals surface area (Å²) in [5, 5.41) is 13.7. The minimum atomic E-state index is -2.67. The fourth-order valence-corrected chi connectivity index (χ4v) is 2.47. The number of rotatable bonds is 4. The van der Waals surface area contributed by atoms with Gasteiger partial charge in [0.15, 0.2) is 5.65 Å². The van der Waals surface area contributed by atoms with E-state index in [1.165, 1.54) is 4.52 Å². The number of aromatic amines is 1. The van der Waals surface area contributed by atoms with Crippen LogP contribution in [0.5, 0.6) is 5.88 Å². The highest BCUT2D eigenvalue weighted by atomic mass is 19.3. The van der Waals surface area contributed by atoms with Gasteiger partial charge in [0.25, 0.3) is 5.92 Å². The molecule has 3 aromatic rings. The lowest BCUT2D eigenvalue weighted by Crippen LogP contribution is -2.43. The van der Waals surface area contributed by atoms with Gasteiger partial charge in [0, 0.05) is 31.6 Å². The predicted molar refractivity (Wildman–Crippen MR) is 76.5 cm³/mol. The third-order valence-corrected chi connectivity index (χ3v) is 3.66. The van der Waals surface area contributed by atoms with Crippen molar-refractivity contribution in [1.29, 1.82) is 0 Å². The number of nitrogens with zero attached hydrogens (tertiary/aromatic N) is 5. The molecule has 10 heteroatoms. The van der Waals surface area contributed by atoms with Gasteiger partial charge in [-0.2, -0.15) is 14.6 Å².